The fourth-order valence-corrected chi connectivity index (χ4v) is 4.30. The summed E-state index contributed by atoms with van der Waals surface area (Å²) >= 11 is 5.93. The van der Waals surface area contributed by atoms with Crippen molar-refractivity contribution in [3.05, 3.63) is 93.8 Å². The summed E-state index contributed by atoms with van der Waals surface area (Å²) in [6.07, 6.45) is 0. The third-order valence-electron chi connectivity index (χ3n) is 5.54. The van der Waals surface area contributed by atoms with Gasteiger partial charge in [-0.25, -0.2) is 13.8 Å². The third-order valence-corrected chi connectivity index (χ3v) is 5.83. The molecule has 8 heteroatoms. The first-order chi connectivity index (χ1) is 15.5. The standard InChI is InChI=1S/C24H18ClF2N3O2/c1-2-32-19-10-8-14(26)11-15(19)22(23-28-17-5-3-4-6-18(17)29-23)30-12-13-7-9-16(25)21(27)20(13)24(30)31/h3-11,22H,2,12H2,1H3,(H,28,29). The average molecular weight is 454 g/mol. The summed E-state index contributed by atoms with van der Waals surface area (Å²) in [5, 5.41) is -0.125. The molecule has 1 unspecified atom stereocenters. The van der Waals surface area contributed by atoms with Crippen LogP contribution in [0.2, 0.25) is 5.02 Å². The first-order valence-corrected chi connectivity index (χ1v) is 10.5. The second kappa shape index (κ2) is 7.91. The lowest BCUT2D eigenvalue weighted by atomic mass is 10.0. The Labute approximate surface area is 187 Å². The molecule has 5 rings (SSSR count). The van der Waals surface area contributed by atoms with Gasteiger partial charge in [0.05, 0.1) is 28.2 Å². The van der Waals surface area contributed by atoms with Crippen LogP contribution in [0.4, 0.5) is 8.78 Å². The molecule has 5 nitrogen and oxygen atoms in total. The molecule has 1 aliphatic heterocycles. The fourth-order valence-electron chi connectivity index (χ4n) is 4.15. The molecule has 4 aromatic rings. The number of carbonyl (C=O) groups excluding carboxylic acids is 1. The van der Waals surface area contributed by atoms with Crippen molar-refractivity contribution in [1.82, 2.24) is 14.9 Å². The lowest BCUT2D eigenvalue weighted by Crippen LogP contribution is -2.31. The van der Waals surface area contributed by atoms with Gasteiger partial charge in [0.15, 0.2) is 5.82 Å². The minimum absolute atomic E-state index is 0.0759. The molecule has 0 radical (unpaired) electrons. The largest absolute Gasteiger partial charge is 0.493 e. The van der Waals surface area contributed by atoms with Gasteiger partial charge in [0.1, 0.15) is 23.4 Å². The number of nitrogens with zero attached hydrogens (tertiary/aromatic N) is 2. The molecule has 1 amide bonds. The van der Waals surface area contributed by atoms with Crippen LogP contribution in [0, 0.1) is 11.6 Å². The van der Waals surface area contributed by atoms with E-state index in [1.54, 1.807) is 6.07 Å². The minimum atomic E-state index is -0.835. The number of H-pyrrole nitrogens is 1. The summed E-state index contributed by atoms with van der Waals surface area (Å²) in [5.41, 5.74) is 2.31. The van der Waals surface area contributed by atoms with Gasteiger partial charge in [-0.2, -0.15) is 0 Å². The Morgan fingerprint density at radius 2 is 2.00 bits per heavy atom. The molecule has 0 fully saturated rings. The molecular weight excluding hydrogens is 436 g/mol. The maximum absolute atomic E-state index is 14.7. The molecule has 1 aromatic heterocycles. The molecule has 1 atom stereocenters. The van der Waals surface area contributed by atoms with Crippen LogP contribution in [0.5, 0.6) is 5.75 Å². The first-order valence-electron chi connectivity index (χ1n) is 10.1. The van der Waals surface area contributed by atoms with Gasteiger partial charge >= 0.3 is 0 Å². The van der Waals surface area contributed by atoms with Crippen molar-refractivity contribution in [3.8, 4) is 5.75 Å². The lowest BCUT2D eigenvalue weighted by molar-refractivity contribution is 0.0719. The number of hydrogen-bond donors (Lipinski definition) is 1. The highest BCUT2D eigenvalue weighted by Gasteiger charge is 2.39. The highest BCUT2D eigenvalue weighted by molar-refractivity contribution is 6.31. The summed E-state index contributed by atoms with van der Waals surface area (Å²) in [6, 6.07) is 13.8. The first kappa shape index (κ1) is 20.5. The Kier molecular flexibility index (Phi) is 5.06. The molecule has 0 spiro atoms. The molecule has 0 aliphatic carbocycles. The van der Waals surface area contributed by atoms with Gasteiger partial charge in [-0.1, -0.05) is 29.8 Å². The van der Waals surface area contributed by atoms with Crippen molar-refractivity contribution >= 4 is 28.5 Å². The van der Waals surface area contributed by atoms with E-state index in [9.17, 15) is 13.6 Å². The van der Waals surface area contributed by atoms with Crippen LogP contribution in [-0.4, -0.2) is 27.4 Å². The number of halogens is 3. The van der Waals surface area contributed by atoms with E-state index in [0.717, 1.165) is 5.52 Å². The molecular formula is C24H18ClF2N3O2. The van der Waals surface area contributed by atoms with E-state index in [4.69, 9.17) is 16.3 Å². The summed E-state index contributed by atoms with van der Waals surface area (Å²) in [7, 11) is 0. The number of benzene rings is 3. The van der Waals surface area contributed by atoms with Crippen LogP contribution >= 0.6 is 11.6 Å². The monoisotopic (exact) mass is 453 g/mol. The average Bonchev–Trinajstić information content (AvgIpc) is 3.35. The highest BCUT2D eigenvalue weighted by Crippen LogP contribution is 2.40. The Hall–Kier alpha value is -3.45. The number of amides is 1. The number of para-hydroxylation sites is 2. The topological polar surface area (TPSA) is 58.2 Å². The maximum Gasteiger partial charge on any atom is 0.258 e. The van der Waals surface area contributed by atoms with Crippen molar-refractivity contribution in [2.75, 3.05) is 6.61 Å². The van der Waals surface area contributed by atoms with Gasteiger partial charge in [-0.05, 0) is 48.9 Å². The zero-order valence-corrected chi connectivity index (χ0v) is 17.8. The molecule has 32 heavy (non-hydrogen) atoms. The van der Waals surface area contributed by atoms with Crippen molar-refractivity contribution < 1.29 is 18.3 Å². The number of ether oxygens (including phenoxy) is 1. The van der Waals surface area contributed by atoms with E-state index in [-0.39, 0.29) is 17.1 Å². The summed E-state index contributed by atoms with van der Waals surface area (Å²) in [5.74, 6) is -0.948. The van der Waals surface area contributed by atoms with Crippen LogP contribution < -0.4 is 4.74 Å². The number of nitrogens with one attached hydrogen (secondary N) is 1. The molecule has 1 N–H and O–H groups in total. The van der Waals surface area contributed by atoms with Gasteiger partial charge in [-0.15, -0.1) is 0 Å². The maximum atomic E-state index is 14.7. The van der Waals surface area contributed by atoms with E-state index in [1.165, 1.54) is 29.2 Å². The van der Waals surface area contributed by atoms with Gasteiger partial charge in [0.2, 0.25) is 0 Å². The van der Waals surface area contributed by atoms with Crippen LogP contribution in [0.25, 0.3) is 11.0 Å². The Morgan fingerprint density at radius 3 is 2.78 bits per heavy atom. The SMILES string of the molecule is CCOc1ccc(F)cc1C(c1nc2ccccc2[nH]1)N1Cc2ccc(Cl)c(F)c2C1=O. The van der Waals surface area contributed by atoms with E-state index < -0.39 is 23.6 Å². The minimum Gasteiger partial charge on any atom is -0.493 e. The van der Waals surface area contributed by atoms with E-state index >= 15 is 0 Å². The second-order valence-electron chi connectivity index (χ2n) is 7.49. The number of aromatic nitrogens is 2. The van der Waals surface area contributed by atoms with Crippen molar-refractivity contribution in [2.24, 2.45) is 0 Å². The Morgan fingerprint density at radius 1 is 1.19 bits per heavy atom. The molecule has 3 aromatic carbocycles. The number of imidazole rings is 1. The zero-order valence-electron chi connectivity index (χ0n) is 17.0. The molecule has 0 bridgehead atoms. The quantitative estimate of drug-likeness (QED) is 0.425. The van der Waals surface area contributed by atoms with E-state index in [1.807, 2.05) is 31.2 Å². The van der Waals surface area contributed by atoms with Crippen LogP contribution in [0.3, 0.4) is 0 Å². The second-order valence-corrected chi connectivity index (χ2v) is 7.89. The summed E-state index contributed by atoms with van der Waals surface area (Å²) in [4.78, 5) is 22.7. The van der Waals surface area contributed by atoms with Crippen molar-refractivity contribution in [3.63, 3.8) is 0 Å². The van der Waals surface area contributed by atoms with Crippen LogP contribution in [0.1, 0.15) is 40.3 Å². The predicted molar refractivity (Wildman–Crippen MR) is 117 cm³/mol. The molecule has 0 saturated carbocycles. The number of rotatable bonds is 5. The molecule has 1 aliphatic rings. The number of carbonyl (C=O) groups is 1. The summed E-state index contributed by atoms with van der Waals surface area (Å²) < 4.78 is 34.8. The zero-order chi connectivity index (χ0) is 22.4. The molecule has 162 valence electrons. The number of hydrogen-bond acceptors (Lipinski definition) is 3. The molecule has 2 heterocycles. The normalized spacial score (nSPS) is 14.1. The lowest BCUT2D eigenvalue weighted by Gasteiger charge is -2.28. The fraction of sp³-hybridized carbons (Fsp3) is 0.167. The number of aromatic amines is 1. The predicted octanol–water partition coefficient (Wildman–Crippen LogP) is 5.64. The molecule has 0 saturated heterocycles. The van der Waals surface area contributed by atoms with Crippen molar-refractivity contribution in [2.45, 2.75) is 19.5 Å². The highest BCUT2D eigenvalue weighted by atomic mass is 35.5. The van der Waals surface area contributed by atoms with Crippen molar-refractivity contribution in [1.29, 1.82) is 0 Å². The van der Waals surface area contributed by atoms with Gasteiger partial charge < -0.3 is 14.6 Å². The third kappa shape index (κ3) is 3.29. The van der Waals surface area contributed by atoms with Gasteiger partial charge in [0.25, 0.3) is 5.91 Å². The number of fused-ring (bicyclic) bond motifs is 2. The van der Waals surface area contributed by atoms with Gasteiger partial charge in [-0.3, -0.25) is 4.79 Å². The van der Waals surface area contributed by atoms with E-state index in [0.29, 0.717) is 34.8 Å². The van der Waals surface area contributed by atoms with Crippen LogP contribution in [0.15, 0.2) is 54.6 Å². The van der Waals surface area contributed by atoms with Crippen LogP contribution in [-0.2, 0) is 6.54 Å². The summed E-state index contributed by atoms with van der Waals surface area (Å²) in [6.45, 7) is 2.29. The smallest absolute Gasteiger partial charge is 0.258 e. The Balaban J connectivity index is 1.71. The van der Waals surface area contributed by atoms with Gasteiger partial charge in [0, 0.05) is 12.1 Å². The van der Waals surface area contributed by atoms with E-state index in [2.05, 4.69) is 9.97 Å². The Bertz CT molecular complexity index is 1320.